The van der Waals surface area contributed by atoms with Crippen molar-refractivity contribution in [2.45, 2.75) is 24.9 Å². The molecule has 1 aromatic heterocycles. The smallest absolute Gasteiger partial charge is 0.327 e. The van der Waals surface area contributed by atoms with Gasteiger partial charge in [0, 0.05) is 32.7 Å². The van der Waals surface area contributed by atoms with Crippen LogP contribution in [-0.2, 0) is 11.3 Å². The van der Waals surface area contributed by atoms with Gasteiger partial charge in [0.1, 0.15) is 11.9 Å². The summed E-state index contributed by atoms with van der Waals surface area (Å²) >= 11 is 0. The molecular weight excluding hydrogens is 362 g/mol. The lowest BCUT2D eigenvalue weighted by Gasteiger charge is -2.40. The van der Waals surface area contributed by atoms with Crippen LogP contribution >= 0.6 is 0 Å². The second kappa shape index (κ2) is 6.70. The zero-order chi connectivity index (χ0) is 19.9. The van der Waals surface area contributed by atoms with E-state index in [1.165, 1.54) is 23.2 Å². The van der Waals surface area contributed by atoms with Crippen LogP contribution in [0.2, 0.25) is 0 Å². The number of urea groups is 1. The molecule has 146 valence electrons. The van der Waals surface area contributed by atoms with Crippen LogP contribution in [0.25, 0.3) is 0 Å². The van der Waals surface area contributed by atoms with Crippen molar-refractivity contribution in [3.05, 3.63) is 41.7 Å². The second-order valence-corrected chi connectivity index (χ2v) is 7.23. The molecule has 0 aliphatic carbocycles. The number of carbonyl (C=O) groups excluding carboxylic acids is 3. The predicted molar refractivity (Wildman–Crippen MR) is 97.2 cm³/mol. The number of tetrazole rings is 1. The van der Waals surface area contributed by atoms with Crippen LogP contribution < -0.4 is 0 Å². The van der Waals surface area contributed by atoms with Gasteiger partial charge >= 0.3 is 6.03 Å². The van der Waals surface area contributed by atoms with E-state index in [0.29, 0.717) is 38.0 Å². The minimum Gasteiger partial charge on any atom is -0.338 e. The van der Waals surface area contributed by atoms with E-state index in [9.17, 15) is 14.4 Å². The quantitative estimate of drug-likeness (QED) is 0.702. The molecule has 2 fully saturated rings. The standard InChI is InChI=1S/C18H21N7O3/c1-22-16(27)18(23(2)17(22)28)7-9-24(10-8-18)15(26)14-5-3-13(4-6-14)11-25-12-19-20-21-25/h3-6,12H,7-11H2,1-2H3. The molecule has 0 unspecified atom stereocenters. The number of nitrogens with zero attached hydrogens (tertiary/aromatic N) is 7. The Morgan fingerprint density at radius 2 is 1.79 bits per heavy atom. The average molecular weight is 383 g/mol. The summed E-state index contributed by atoms with van der Waals surface area (Å²) in [6, 6.07) is 7.04. The van der Waals surface area contributed by atoms with E-state index in [4.69, 9.17) is 0 Å². The normalized spacial score (nSPS) is 19.0. The van der Waals surface area contributed by atoms with E-state index in [-0.39, 0.29) is 17.8 Å². The third kappa shape index (κ3) is 2.81. The number of amides is 4. The highest BCUT2D eigenvalue weighted by atomic mass is 16.2. The number of carbonyl (C=O) groups is 3. The monoisotopic (exact) mass is 383 g/mol. The van der Waals surface area contributed by atoms with Gasteiger partial charge in [-0.2, -0.15) is 0 Å². The maximum Gasteiger partial charge on any atom is 0.327 e. The molecule has 3 heterocycles. The van der Waals surface area contributed by atoms with E-state index in [1.807, 2.05) is 12.1 Å². The molecule has 0 saturated carbocycles. The van der Waals surface area contributed by atoms with Gasteiger partial charge in [0.15, 0.2) is 0 Å². The van der Waals surface area contributed by atoms with Crippen LogP contribution in [0.4, 0.5) is 4.79 Å². The van der Waals surface area contributed by atoms with Gasteiger partial charge in [-0.1, -0.05) is 12.1 Å². The predicted octanol–water partition coefficient (Wildman–Crippen LogP) is 0.220. The Hall–Kier alpha value is -3.30. The molecule has 2 aliphatic heterocycles. The molecule has 0 N–H and O–H groups in total. The molecule has 0 atom stereocenters. The fourth-order valence-electron chi connectivity index (χ4n) is 3.95. The molecule has 1 aromatic carbocycles. The van der Waals surface area contributed by atoms with Crippen molar-refractivity contribution in [2.24, 2.45) is 0 Å². The molecule has 10 nitrogen and oxygen atoms in total. The molecule has 1 spiro atoms. The Morgan fingerprint density at radius 3 is 2.32 bits per heavy atom. The van der Waals surface area contributed by atoms with Crippen LogP contribution in [0.15, 0.2) is 30.6 Å². The number of piperidine rings is 1. The third-order valence-corrected chi connectivity index (χ3v) is 5.73. The first-order valence-corrected chi connectivity index (χ1v) is 9.07. The number of likely N-dealkylation sites (N-methyl/N-ethyl adjacent to an activating group) is 2. The van der Waals surface area contributed by atoms with Crippen molar-refractivity contribution in [1.82, 2.24) is 34.9 Å². The van der Waals surface area contributed by atoms with Crippen LogP contribution in [-0.4, -0.2) is 85.5 Å². The third-order valence-electron chi connectivity index (χ3n) is 5.73. The summed E-state index contributed by atoms with van der Waals surface area (Å²) < 4.78 is 1.61. The van der Waals surface area contributed by atoms with E-state index in [1.54, 1.807) is 28.8 Å². The minimum absolute atomic E-state index is 0.0726. The molecule has 2 aliphatic rings. The van der Waals surface area contributed by atoms with Gasteiger partial charge in [0.25, 0.3) is 11.8 Å². The number of hydrogen-bond acceptors (Lipinski definition) is 6. The Bertz CT molecular complexity index is 902. The number of aromatic nitrogens is 4. The molecule has 28 heavy (non-hydrogen) atoms. The fraction of sp³-hybridized carbons (Fsp3) is 0.444. The Labute approximate surface area is 161 Å². The molecule has 0 bridgehead atoms. The first kappa shape index (κ1) is 18.1. The Kier molecular flexibility index (Phi) is 4.33. The lowest BCUT2D eigenvalue weighted by Crippen LogP contribution is -2.56. The van der Waals surface area contributed by atoms with E-state index >= 15 is 0 Å². The van der Waals surface area contributed by atoms with Crippen molar-refractivity contribution in [3.8, 4) is 0 Å². The number of rotatable bonds is 3. The largest absolute Gasteiger partial charge is 0.338 e. The van der Waals surface area contributed by atoms with Gasteiger partial charge in [-0.15, -0.1) is 5.10 Å². The summed E-state index contributed by atoms with van der Waals surface area (Å²) in [5.74, 6) is -0.254. The van der Waals surface area contributed by atoms with Gasteiger partial charge in [-0.3, -0.25) is 14.5 Å². The fourth-order valence-corrected chi connectivity index (χ4v) is 3.95. The van der Waals surface area contributed by atoms with Gasteiger partial charge in [0.05, 0.1) is 6.54 Å². The first-order chi connectivity index (χ1) is 13.4. The van der Waals surface area contributed by atoms with Gasteiger partial charge in [-0.05, 0) is 41.0 Å². The molecule has 0 radical (unpaired) electrons. The maximum atomic E-state index is 12.8. The van der Waals surface area contributed by atoms with Crippen LogP contribution in [0.1, 0.15) is 28.8 Å². The van der Waals surface area contributed by atoms with Crippen molar-refractivity contribution in [2.75, 3.05) is 27.2 Å². The zero-order valence-electron chi connectivity index (χ0n) is 15.8. The van der Waals surface area contributed by atoms with E-state index in [2.05, 4.69) is 15.5 Å². The van der Waals surface area contributed by atoms with Crippen LogP contribution in [0, 0.1) is 0 Å². The van der Waals surface area contributed by atoms with Crippen molar-refractivity contribution in [1.29, 1.82) is 0 Å². The van der Waals surface area contributed by atoms with E-state index < -0.39 is 5.54 Å². The van der Waals surface area contributed by atoms with E-state index in [0.717, 1.165) is 5.56 Å². The molecule has 2 aromatic rings. The maximum absolute atomic E-state index is 12.8. The van der Waals surface area contributed by atoms with Gasteiger partial charge < -0.3 is 9.80 Å². The lowest BCUT2D eigenvalue weighted by molar-refractivity contribution is -0.134. The van der Waals surface area contributed by atoms with Gasteiger partial charge in [0.2, 0.25) is 0 Å². The number of likely N-dealkylation sites (tertiary alicyclic amines) is 1. The lowest BCUT2D eigenvalue weighted by atomic mass is 9.86. The van der Waals surface area contributed by atoms with Crippen LogP contribution in [0.5, 0.6) is 0 Å². The zero-order valence-corrected chi connectivity index (χ0v) is 15.8. The average Bonchev–Trinajstić information content (AvgIpc) is 3.29. The molecule has 10 heteroatoms. The topological polar surface area (TPSA) is 105 Å². The van der Waals surface area contributed by atoms with Gasteiger partial charge in [-0.25, -0.2) is 9.48 Å². The highest BCUT2D eigenvalue weighted by molar-refractivity contribution is 6.06. The summed E-state index contributed by atoms with van der Waals surface area (Å²) in [5.41, 5.74) is 0.759. The Morgan fingerprint density at radius 1 is 1.11 bits per heavy atom. The summed E-state index contributed by atoms with van der Waals surface area (Å²) in [6.07, 6.45) is 2.43. The molecular formula is C18H21N7O3. The Balaban J connectivity index is 1.41. The SMILES string of the molecule is CN1C(=O)N(C)C2(CCN(C(=O)c3ccc(Cn4cnnn4)cc3)CC2)C1=O. The first-order valence-electron chi connectivity index (χ1n) is 9.07. The number of benzene rings is 1. The molecule has 4 rings (SSSR count). The summed E-state index contributed by atoms with van der Waals surface area (Å²) in [6.45, 7) is 1.40. The minimum atomic E-state index is -0.821. The van der Waals surface area contributed by atoms with Crippen LogP contribution in [0.3, 0.4) is 0 Å². The van der Waals surface area contributed by atoms with Crippen molar-refractivity contribution >= 4 is 17.8 Å². The summed E-state index contributed by atoms with van der Waals surface area (Å²) in [7, 11) is 3.16. The van der Waals surface area contributed by atoms with Crippen molar-refractivity contribution in [3.63, 3.8) is 0 Å². The number of imide groups is 1. The summed E-state index contributed by atoms with van der Waals surface area (Å²) in [5, 5.41) is 11.0. The highest BCUT2D eigenvalue weighted by Gasteiger charge is 2.55. The number of hydrogen-bond donors (Lipinski definition) is 0. The molecule has 4 amide bonds. The highest BCUT2D eigenvalue weighted by Crippen LogP contribution is 2.35. The van der Waals surface area contributed by atoms with Crippen molar-refractivity contribution < 1.29 is 14.4 Å². The molecule has 2 saturated heterocycles. The summed E-state index contributed by atoms with van der Waals surface area (Å²) in [4.78, 5) is 41.9. The second-order valence-electron chi connectivity index (χ2n) is 7.23.